The summed E-state index contributed by atoms with van der Waals surface area (Å²) in [6.45, 7) is 0. The van der Waals surface area contributed by atoms with Crippen LogP contribution in [-0.2, 0) is 0 Å². The van der Waals surface area contributed by atoms with Crippen LogP contribution in [0.1, 0.15) is 0 Å². The summed E-state index contributed by atoms with van der Waals surface area (Å²) in [6, 6.07) is 91.9. The van der Waals surface area contributed by atoms with Crippen molar-refractivity contribution in [1.82, 2.24) is 19.1 Å². The lowest BCUT2D eigenvalue weighted by Gasteiger charge is -2.14. The van der Waals surface area contributed by atoms with Crippen molar-refractivity contribution in [1.29, 1.82) is 0 Å². The van der Waals surface area contributed by atoms with E-state index in [-0.39, 0.29) is 0 Å². The molecule has 0 aliphatic heterocycles. The molecule has 4 aromatic heterocycles. The fourth-order valence-electron chi connectivity index (χ4n) is 11.3. The predicted octanol–water partition coefficient (Wildman–Crippen LogP) is 18.5. The molecule has 4 nitrogen and oxygen atoms in total. The lowest BCUT2D eigenvalue weighted by atomic mass is 9.99. The minimum Gasteiger partial charge on any atom is -0.309 e. The molecule has 0 aliphatic carbocycles. The average molecular weight is 947 g/mol. The first-order chi connectivity index (χ1) is 36.2. The van der Waals surface area contributed by atoms with Gasteiger partial charge < -0.3 is 4.57 Å². The normalized spacial score (nSPS) is 11.8. The molecule has 0 unspecified atom stereocenters. The molecular weight excluding hydrogens is 905 g/mol. The van der Waals surface area contributed by atoms with Gasteiger partial charge in [-0.1, -0.05) is 206 Å². The van der Waals surface area contributed by atoms with Gasteiger partial charge in [0.05, 0.1) is 33.5 Å². The third-order valence-corrected chi connectivity index (χ3v) is 15.9. The van der Waals surface area contributed by atoms with Gasteiger partial charge in [-0.15, -0.1) is 11.3 Å². The number of rotatable bonds is 7. The zero-order valence-corrected chi connectivity index (χ0v) is 40.3. The van der Waals surface area contributed by atoms with E-state index in [0.717, 1.165) is 55.9 Å². The summed E-state index contributed by atoms with van der Waals surface area (Å²) < 4.78 is 7.28. The molecule has 0 saturated heterocycles. The number of thiophene rings is 1. The fourth-order valence-corrected chi connectivity index (χ4v) is 12.6. The molecule has 340 valence electrons. The molecule has 0 bridgehead atoms. The summed E-state index contributed by atoms with van der Waals surface area (Å²) in [4.78, 5) is 11.2. The first-order valence-corrected chi connectivity index (χ1v) is 25.6. The van der Waals surface area contributed by atoms with Crippen molar-refractivity contribution >= 4 is 85.9 Å². The molecule has 15 aromatic rings. The second-order valence-electron chi connectivity index (χ2n) is 18.9. The van der Waals surface area contributed by atoms with E-state index in [1.54, 1.807) is 0 Å². The van der Waals surface area contributed by atoms with Crippen LogP contribution in [0.2, 0.25) is 0 Å². The summed E-state index contributed by atoms with van der Waals surface area (Å²) in [5.74, 6) is 0.628. The fraction of sp³-hybridized carbons (Fsp3) is 0. The molecule has 4 heterocycles. The second-order valence-corrected chi connectivity index (χ2v) is 19.9. The lowest BCUT2D eigenvalue weighted by Crippen LogP contribution is -2.04. The molecule has 0 aliphatic rings. The van der Waals surface area contributed by atoms with Crippen LogP contribution in [0.5, 0.6) is 0 Å². The Morgan fingerprint density at radius 3 is 1.45 bits per heavy atom. The van der Waals surface area contributed by atoms with Gasteiger partial charge in [0.25, 0.3) is 0 Å². The number of benzene rings is 11. The Hall–Kier alpha value is -9.42. The first kappa shape index (κ1) is 41.4. The predicted molar refractivity (Wildman–Crippen MR) is 308 cm³/mol. The van der Waals surface area contributed by atoms with Gasteiger partial charge in [0.2, 0.25) is 5.95 Å². The topological polar surface area (TPSA) is 35.6 Å². The zero-order valence-electron chi connectivity index (χ0n) is 39.4. The number of hydrogen-bond acceptors (Lipinski definition) is 3. The van der Waals surface area contributed by atoms with Crippen molar-refractivity contribution in [3.63, 3.8) is 0 Å². The quantitative estimate of drug-likeness (QED) is 0.160. The lowest BCUT2D eigenvalue weighted by molar-refractivity contribution is 0.998. The van der Waals surface area contributed by atoms with Crippen molar-refractivity contribution in [2.45, 2.75) is 0 Å². The Morgan fingerprint density at radius 2 is 0.781 bits per heavy atom. The Bertz CT molecular complexity index is 4630. The van der Waals surface area contributed by atoms with Crippen molar-refractivity contribution < 1.29 is 0 Å². The molecule has 0 saturated carbocycles. The van der Waals surface area contributed by atoms with E-state index in [4.69, 9.17) is 9.97 Å². The van der Waals surface area contributed by atoms with Gasteiger partial charge in [0.15, 0.2) is 0 Å². The Labute approximate surface area is 425 Å². The van der Waals surface area contributed by atoms with Crippen LogP contribution in [0.3, 0.4) is 0 Å². The average Bonchev–Trinajstić information content (AvgIpc) is 4.13. The van der Waals surface area contributed by atoms with Gasteiger partial charge in [-0.2, -0.15) is 0 Å². The number of aromatic nitrogens is 4. The molecule has 0 radical (unpaired) electrons. The third-order valence-electron chi connectivity index (χ3n) is 14.7. The Balaban J connectivity index is 1.01. The number of para-hydroxylation sites is 2. The largest absolute Gasteiger partial charge is 0.309 e. The molecule has 0 spiro atoms. The second kappa shape index (κ2) is 16.6. The molecule has 0 fully saturated rings. The number of hydrogen-bond donors (Lipinski definition) is 0. The molecule has 0 amide bonds. The smallest absolute Gasteiger partial charge is 0.235 e. The highest BCUT2D eigenvalue weighted by molar-refractivity contribution is 7.27. The summed E-state index contributed by atoms with van der Waals surface area (Å²) in [6.07, 6.45) is 0. The van der Waals surface area contributed by atoms with Crippen LogP contribution >= 0.6 is 11.3 Å². The van der Waals surface area contributed by atoms with Crippen molar-refractivity contribution in [3.05, 3.63) is 255 Å². The molecule has 0 N–H and O–H groups in total. The summed E-state index contributed by atoms with van der Waals surface area (Å²) in [7, 11) is 0. The highest BCUT2D eigenvalue weighted by atomic mass is 32.1. The van der Waals surface area contributed by atoms with E-state index in [1.807, 2.05) is 11.3 Å². The summed E-state index contributed by atoms with van der Waals surface area (Å²) in [5.41, 5.74) is 16.5. The Kier molecular flexibility index (Phi) is 9.41. The highest BCUT2D eigenvalue weighted by Gasteiger charge is 2.25. The zero-order chi connectivity index (χ0) is 48.0. The Morgan fingerprint density at radius 1 is 0.288 bits per heavy atom. The van der Waals surface area contributed by atoms with Crippen LogP contribution in [-0.4, -0.2) is 19.1 Å². The van der Waals surface area contributed by atoms with Gasteiger partial charge in [0.1, 0.15) is 0 Å². The maximum Gasteiger partial charge on any atom is 0.235 e. The van der Waals surface area contributed by atoms with Crippen molar-refractivity contribution in [2.24, 2.45) is 0 Å². The summed E-state index contributed by atoms with van der Waals surface area (Å²) in [5, 5.41) is 9.70. The molecule has 5 heteroatoms. The molecule has 73 heavy (non-hydrogen) atoms. The number of fused-ring (bicyclic) bond motifs is 13. The molecule has 11 aromatic carbocycles. The van der Waals surface area contributed by atoms with Crippen LogP contribution in [0.4, 0.5) is 0 Å². The SMILES string of the molecule is c1ccc(-c2ccc(-c3cc(-c4cccc(-c5ccccc5)c4)nc(-n4c5ccccc5c5c6ccccc6c6sc7cc8c(cc7c6c54)c4ccccc4n8-c4ccc(-c5ccccc5)cc4)n3)cc2)cc1. The van der Waals surface area contributed by atoms with Gasteiger partial charge in [-0.25, -0.2) is 9.97 Å². The number of nitrogens with zero attached hydrogens (tertiary/aromatic N) is 4. The van der Waals surface area contributed by atoms with E-state index in [1.165, 1.54) is 80.2 Å². The maximum atomic E-state index is 5.63. The molecule has 0 atom stereocenters. The molecular formula is C68H42N4S. The first-order valence-electron chi connectivity index (χ1n) is 24.8. The van der Waals surface area contributed by atoms with Gasteiger partial charge in [0, 0.05) is 63.9 Å². The van der Waals surface area contributed by atoms with Crippen LogP contribution in [0.15, 0.2) is 255 Å². The van der Waals surface area contributed by atoms with Crippen LogP contribution in [0.25, 0.3) is 142 Å². The van der Waals surface area contributed by atoms with Gasteiger partial charge >= 0.3 is 0 Å². The van der Waals surface area contributed by atoms with E-state index in [9.17, 15) is 0 Å². The van der Waals surface area contributed by atoms with Crippen molar-refractivity contribution in [3.8, 4) is 67.5 Å². The van der Waals surface area contributed by atoms with Gasteiger partial charge in [-0.05, 0) is 87.3 Å². The maximum absolute atomic E-state index is 5.63. The van der Waals surface area contributed by atoms with Crippen LogP contribution in [0, 0.1) is 0 Å². The minimum absolute atomic E-state index is 0.628. The molecule has 15 rings (SSSR count). The van der Waals surface area contributed by atoms with Crippen LogP contribution < -0.4 is 0 Å². The standard InChI is InChI=1S/C68H42N4S/c1-4-17-43(18-5-1)46-31-33-48(34-32-46)58-41-59(50-24-16-23-49(39-50)45-21-8-3-9-22-45)70-68(69-58)72-61-30-15-13-28-55(61)64-53-26-10-11-27-54(53)67-65(66(64)72)57-40-56-52-25-12-14-29-60(52)71(62(56)42-63(57)73-67)51-37-35-47(36-38-51)44-19-6-2-7-20-44/h1-42H. The van der Waals surface area contributed by atoms with E-state index < -0.39 is 0 Å². The summed E-state index contributed by atoms with van der Waals surface area (Å²) >= 11 is 1.88. The monoisotopic (exact) mass is 946 g/mol. The van der Waals surface area contributed by atoms with E-state index >= 15 is 0 Å². The van der Waals surface area contributed by atoms with E-state index in [2.05, 4.69) is 264 Å². The van der Waals surface area contributed by atoms with E-state index in [0.29, 0.717) is 5.95 Å². The highest BCUT2D eigenvalue weighted by Crippen LogP contribution is 2.49. The van der Waals surface area contributed by atoms with Gasteiger partial charge in [-0.3, -0.25) is 4.57 Å². The van der Waals surface area contributed by atoms with Crippen molar-refractivity contribution in [2.75, 3.05) is 0 Å². The minimum atomic E-state index is 0.628. The third kappa shape index (κ3) is 6.67.